The van der Waals surface area contributed by atoms with Crippen molar-refractivity contribution in [2.75, 3.05) is 18.4 Å². The average Bonchev–Trinajstić information content (AvgIpc) is 3.41. The zero-order valence-electron chi connectivity index (χ0n) is 19.7. The van der Waals surface area contributed by atoms with Crippen molar-refractivity contribution >= 4 is 27.6 Å². The number of benzene rings is 3. The molecular weight excluding hydrogens is 464 g/mol. The van der Waals surface area contributed by atoms with E-state index < -0.39 is 28.0 Å². The lowest BCUT2D eigenvalue weighted by Gasteiger charge is -2.19. The highest BCUT2D eigenvalue weighted by Crippen LogP contribution is 2.25. The Morgan fingerprint density at radius 1 is 0.914 bits per heavy atom. The number of rotatable bonds is 7. The lowest BCUT2D eigenvalue weighted by molar-refractivity contribution is -0.125. The average molecular weight is 493 g/mol. The van der Waals surface area contributed by atoms with Gasteiger partial charge in [0.05, 0.1) is 10.5 Å². The molecule has 8 heteroatoms. The molecule has 0 radical (unpaired) electrons. The summed E-state index contributed by atoms with van der Waals surface area (Å²) in [6.45, 7) is 4.81. The first-order valence-corrected chi connectivity index (χ1v) is 12.9. The maximum absolute atomic E-state index is 13.2. The molecule has 0 spiro atoms. The highest BCUT2D eigenvalue weighted by Gasteiger charge is 2.29. The Morgan fingerprint density at radius 3 is 2.23 bits per heavy atom. The zero-order chi connectivity index (χ0) is 25.0. The van der Waals surface area contributed by atoms with Gasteiger partial charge in [0, 0.05) is 24.3 Å². The first kappa shape index (κ1) is 24.6. The van der Waals surface area contributed by atoms with Gasteiger partial charge >= 0.3 is 5.97 Å². The van der Waals surface area contributed by atoms with E-state index in [1.54, 1.807) is 24.3 Å². The predicted molar refractivity (Wildman–Crippen MR) is 134 cm³/mol. The predicted octanol–water partition coefficient (Wildman–Crippen LogP) is 4.62. The van der Waals surface area contributed by atoms with Crippen LogP contribution in [0.5, 0.6) is 0 Å². The SMILES string of the molecule is Cc1ccc(C)c(NC(=O)C(OC(=O)c2ccc(S(=O)(=O)N3CCCC3)cc2)c2ccccc2)c1. The fourth-order valence-electron chi connectivity index (χ4n) is 3.99. The molecule has 1 fully saturated rings. The van der Waals surface area contributed by atoms with Gasteiger partial charge in [-0.2, -0.15) is 4.31 Å². The van der Waals surface area contributed by atoms with Gasteiger partial charge in [-0.3, -0.25) is 4.79 Å². The van der Waals surface area contributed by atoms with Crippen molar-refractivity contribution in [2.45, 2.75) is 37.7 Å². The molecule has 0 aliphatic carbocycles. The summed E-state index contributed by atoms with van der Waals surface area (Å²) in [7, 11) is -3.59. The summed E-state index contributed by atoms with van der Waals surface area (Å²) in [5, 5.41) is 2.87. The van der Waals surface area contributed by atoms with Gasteiger partial charge < -0.3 is 10.1 Å². The molecule has 182 valence electrons. The van der Waals surface area contributed by atoms with E-state index in [4.69, 9.17) is 4.74 Å². The van der Waals surface area contributed by atoms with Crippen LogP contribution in [-0.2, 0) is 19.6 Å². The number of carbonyl (C=O) groups is 2. The molecule has 1 aliphatic heterocycles. The van der Waals surface area contributed by atoms with E-state index in [-0.39, 0.29) is 10.5 Å². The molecule has 0 bridgehead atoms. The smallest absolute Gasteiger partial charge is 0.339 e. The number of ether oxygens (including phenoxy) is 1. The molecule has 1 heterocycles. The van der Waals surface area contributed by atoms with Gasteiger partial charge in [-0.25, -0.2) is 13.2 Å². The second kappa shape index (κ2) is 10.4. The third-order valence-electron chi connectivity index (χ3n) is 6.01. The summed E-state index contributed by atoms with van der Waals surface area (Å²) in [5.41, 5.74) is 3.20. The Labute approximate surface area is 205 Å². The Bertz CT molecular complexity index is 1320. The third kappa shape index (κ3) is 5.61. The Morgan fingerprint density at radius 2 is 1.57 bits per heavy atom. The third-order valence-corrected chi connectivity index (χ3v) is 7.92. The molecule has 0 aromatic heterocycles. The van der Waals surface area contributed by atoms with Crippen LogP contribution in [0.25, 0.3) is 0 Å². The van der Waals surface area contributed by atoms with Gasteiger partial charge in [0.2, 0.25) is 16.1 Å². The number of amides is 1. The van der Waals surface area contributed by atoms with Gasteiger partial charge in [-0.05, 0) is 68.1 Å². The van der Waals surface area contributed by atoms with Crippen LogP contribution >= 0.6 is 0 Å². The van der Waals surface area contributed by atoms with Gasteiger partial charge in [0.15, 0.2) is 0 Å². The minimum Gasteiger partial charge on any atom is -0.444 e. The maximum Gasteiger partial charge on any atom is 0.339 e. The fraction of sp³-hybridized carbons (Fsp3) is 0.259. The van der Waals surface area contributed by atoms with E-state index in [2.05, 4.69) is 5.32 Å². The van der Waals surface area contributed by atoms with Crippen molar-refractivity contribution in [3.8, 4) is 0 Å². The fourth-order valence-corrected chi connectivity index (χ4v) is 5.50. The van der Waals surface area contributed by atoms with E-state index in [1.165, 1.54) is 28.6 Å². The quantitative estimate of drug-likeness (QED) is 0.486. The highest BCUT2D eigenvalue weighted by atomic mass is 32.2. The Hall–Kier alpha value is -3.49. The van der Waals surface area contributed by atoms with Crippen molar-refractivity contribution < 1.29 is 22.7 Å². The summed E-state index contributed by atoms with van der Waals surface area (Å²) in [4.78, 5) is 26.3. The molecule has 1 N–H and O–H groups in total. The molecule has 1 saturated heterocycles. The largest absolute Gasteiger partial charge is 0.444 e. The number of sulfonamides is 1. The lowest BCUT2D eigenvalue weighted by Crippen LogP contribution is -2.28. The summed E-state index contributed by atoms with van der Waals surface area (Å²) < 4.78 is 32.6. The number of carbonyl (C=O) groups excluding carboxylic acids is 2. The van der Waals surface area contributed by atoms with E-state index >= 15 is 0 Å². The minimum absolute atomic E-state index is 0.128. The first-order valence-electron chi connectivity index (χ1n) is 11.5. The van der Waals surface area contributed by atoms with E-state index in [0.717, 1.165) is 24.0 Å². The standard InChI is InChI=1S/C27H28N2O5S/c1-19-10-11-20(2)24(18-19)28-26(30)25(21-8-4-3-5-9-21)34-27(31)22-12-14-23(15-13-22)35(32,33)29-16-6-7-17-29/h3-5,8-15,18,25H,6-7,16-17H2,1-2H3,(H,28,30). The molecule has 35 heavy (non-hydrogen) atoms. The number of hydrogen-bond acceptors (Lipinski definition) is 5. The molecule has 1 aliphatic rings. The maximum atomic E-state index is 13.2. The summed E-state index contributed by atoms with van der Waals surface area (Å²) in [6.07, 6.45) is 0.500. The van der Waals surface area contributed by atoms with Gasteiger partial charge in [0.1, 0.15) is 0 Å². The summed E-state index contributed by atoms with van der Waals surface area (Å²) in [6, 6.07) is 20.1. The molecule has 0 saturated carbocycles. The molecule has 1 amide bonds. The van der Waals surface area contributed by atoms with Crippen molar-refractivity contribution in [3.05, 3.63) is 95.1 Å². The van der Waals surface area contributed by atoms with Crippen LogP contribution in [0.15, 0.2) is 77.7 Å². The van der Waals surface area contributed by atoms with Crippen LogP contribution in [0, 0.1) is 13.8 Å². The zero-order valence-corrected chi connectivity index (χ0v) is 20.5. The highest BCUT2D eigenvalue weighted by molar-refractivity contribution is 7.89. The second-order valence-electron chi connectivity index (χ2n) is 8.64. The number of esters is 1. The van der Waals surface area contributed by atoms with Gasteiger partial charge in [-0.15, -0.1) is 0 Å². The Kier molecular flexibility index (Phi) is 7.33. The van der Waals surface area contributed by atoms with Crippen molar-refractivity contribution in [1.29, 1.82) is 0 Å². The topological polar surface area (TPSA) is 92.8 Å². The Balaban J connectivity index is 1.54. The van der Waals surface area contributed by atoms with Crippen molar-refractivity contribution in [3.63, 3.8) is 0 Å². The molecule has 7 nitrogen and oxygen atoms in total. The number of nitrogens with zero attached hydrogens (tertiary/aromatic N) is 1. The minimum atomic E-state index is -3.59. The van der Waals surface area contributed by atoms with Crippen LogP contribution in [0.1, 0.15) is 46.0 Å². The van der Waals surface area contributed by atoms with E-state index in [0.29, 0.717) is 24.3 Å². The number of nitrogens with one attached hydrogen (secondary N) is 1. The van der Waals surface area contributed by atoms with E-state index in [1.807, 2.05) is 38.1 Å². The van der Waals surface area contributed by atoms with Crippen molar-refractivity contribution in [2.24, 2.45) is 0 Å². The monoisotopic (exact) mass is 492 g/mol. The molecule has 1 atom stereocenters. The molecule has 4 rings (SSSR count). The molecular formula is C27H28N2O5S. The lowest BCUT2D eigenvalue weighted by atomic mass is 10.1. The van der Waals surface area contributed by atoms with Crippen LogP contribution in [0.3, 0.4) is 0 Å². The van der Waals surface area contributed by atoms with Crippen molar-refractivity contribution in [1.82, 2.24) is 4.31 Å². The van der Waals surface area contributed by atoms with Crippen LogP contribution in [-0.4, -0.2) is 37.7 Å². The van der Waals surface area contributed by atoms with Crippen LogP contribution in [0.4, 0.5) is 5.69 Å². The summed E-state index contributed by atoms with van der Waals surface area (Å²) >= 11 is 0. The number of aryl methyl sites for hydroxylation is 2. The normalized spacial score (nSPS) is 14.9. The van der Waals surface area contributed by atoms with Crippen LogP contribution in [0.2, 0.25) is 0 Å². The number of hydrogen-bond donors (Lipinski definition) is 1. The molecule has 1 unspecified atom stereocenters. The second-order valence-corrected chi connectivity index (χ2v) is 10.6. The summed E-state index contributed by atoms with van der Waals surface area (Å²) in [5.74, 6) is -1.20. The first-order chi connectivity index (χ1) is 16.8. The molecule has 3 aromatic carbocycles. The van der Waals surface area contributed by atoms with Gasteiger partial charge in [0.25, 0.3) is 5.91 Å². The molecule has 3 aromatic rings. The van der Waals surface area contributed by atoms with E-state index in [9.17, 15) is 18.0 Å². The van der Waals surface area contributed by atoms with Crippen LogP contribution < -0.4 is 5.32 Å². The van der Waals surface area contributed by atoms with Gasteiger partial charge in [-0.1, -0.05) is 42.5 Å². The number of anilines is 1.